The Hall–Kier alpha value is -1.39. The minimum atomic E-state index is 0.0261. The van der Waals surface area contributed by atoms with Gasteiger partial charge in [0.2, 0.25) is 5.91 Å². The zero-order valence-corrected chi connectivity index (χ0v) is 9.98. The molecule has 1 rings (SSSR count). The molecule has 0 aromatic heterocycles. The first-order valence-electron chi connectivity index (χ1n) is 5.91. The number of hydrogen-bond acceptors (Lipinski definition) is 3. The van der Waals surface area contributed by atoms with Crippen LogP contribution in [0.4, 0.5) is 0 Å². The van der Waals surface area contributed by atoms with Gasteiger partial charge >= 0.3 is 0 Å². The summed E-state index contributed by atoms with van der Waals surface area (Å²) in [7, 11) is 0. The monoisotopic (exact) mass is 236 g/mol. The van der Waals surface area contributed by atoms with Crippen LogP contribution in [0.2, 0.25) is 0 Å². The van der Waals surface area contributed by atoms with Crippen molar-refractivity contribution in [3.8, 4) is 0 Å². The average Bonchev–Trinajstić information content (AvgIpc) is 2.37. The third-order valence-electron chi connectivity index (χ3n) is 2.52. The van der Waals surface area contributed by atoms with Crippen molar-refractivity contribution in [3.05, 3.63) is 35.4 Å². The molecular weight excluding hydrogens is 216 g/mol. The highest BCUT2D eigenvalue weighted by Gasteiger charge is 2.01. The number of aliphatic hydroxyl groups excluding tert-OH is 1. The van der Waals surface area contributed by atoms with Gasteiger partial charge < -0.3 is 16.2 Å². The van der Waals surface area contributed by atoms with Crippen LogP contribution < -0.4 is 11.1 Å². The molecule has 0 unspecified atom stereocenters. The van der Waals surface area contributed by atoms with Gasteiger partial charge in [-0.05, 0) is 30.5 Å². The van der Waals surface area contributed by atoms with E-state index in [4.69, 9.17) is 10.8 Å². The number of carbonyl (C=O) groups excluding carboxylic acids is 1. The second-order valence-corrected chi connectivity index (χ2v) is 4.00. The van der Waals surface area contributed by atoms with Crippen molar-refractivity contribution in [2.75, 3.05) is 6.54 Å². The standard InChI is InChI=1S/C13H20N2O2/c14-7-2-1-6-13(17)15-9-11-4-3-5-12(8-11)10-16/h3-5,8,16H,1-2,6-7,9-10,14H2,(H,15,17). The van der Waals surface area contributed by atoms with Crippen molar-refractivity contribution in [2.24, 2.45) is 5.73 Å². The minimum absolute atomic E-state index is 0.0261. The maximum absolute atomic E-state index is 11.4. The van der Waals surface area contributed by atoms with Crippen molar-refractivity contribution in [1.82, 2.24) is 5.32 Å². The Balaban J connectivity index is 2.31. The highest BCUT2D eigenvalue weighted by molar-refractivity contribution is 5.75. The number of rotatable bonds is 7. The van der Waals surface area contributed by atoms with Crippen LogP contribution in [-0.2, 0) is 17.9 Å². The zero-order chi connectivity index (χ0) is 12.5. The summed E-state index contributed by atoms with van der Waals surface area (Å²) in [5.74, 6) is 0.0489. The van der Waals surface area contributed by atoms with Crippen LogP contribution in [0.15, 0.2) is 24.3 Å². The Kier molecular flexibility index (Phi) is 6.29. The number of nitrogens with two attached hydrogens (primary N) is 1. The molecule has 17 heavy (non-hydrogen) atoms. The predicted molar refractivity (Wildman–Crippen MR) is 67.1 cm³/mol. The molecule has 0 saturated carbocycles. The smallest absolute Gasteiger partial charge is 0.220 e. The lowest BCUT2D eigenvalue weighted by Gasteiger charge is -2.06. The van der Waals surface area contributed by atoms with Crippen LogP contribution in [0.25, 0.3) is 0 Å². The predicted octanol–water partition coefficient (Wildman–Crippen LogP) is 0.924. The summed E-state index contributed by atoms with van der Waals surface area (Å²) in [6.45, 7) is 1.17. The van der Waals surface area contributed by atoms with Gasteiger partial charge in [0.15, 0.2) is 0 Å². The first kappa shape index (κ1) is 13.7. The van der Waals surface area contributed by atoms with Crippen LogP contribution in [0.1, 0.15) is 30.4 Å². The Bertz CT molecular complexity index is 353. The van der Waals surface area contributed by atoms with Gasteiger partial charge in [0.1, 0.15) is 0 Å². The van der Waals surface area contributed by atoms with Gasteiger partial charge in [0, 0.05) is 13.0 Å². The lowest BCUT2D eigenvalue weighted by atomic mass is 10.1. The van der Waals surface area contributed by atoms with E-state index in [0.29, 0.717) is 19.5 Å². The van der Waals surface area contributed by atoms with E-state index in [9.17, 15) is 4.79 Å². The molecule has 1 aromatic rings. The number of hydrogen-bond donors (Lipinski definition) is 3. The number of amides is 1. The van der Waals surface area contributed by atoms with Gasteiger partial charge in [0.05, 0.1) is 6.61 Å². The summed E-state index contributed by atoms with van der Waals surface area (Å²) < 4.78 is 0. The van der Waals surface area contributed by atoms with E-state index in [1.54, 1.807) is 0 Å². The quantitative estimate of drug-likeness (QED) is 0.616. The zero-order valence-electron chi connectivity index (χ0n) is 9.98. The van der Waals surface area contributed by atoms with Crippen LogP contribution in [0.3, 0.4) is 0 Å². The Morgan fingerprint density at radius 1 is 1.29 bits per heavy atom. The van der Waals surface area contributed by atoms with Gasteiger partial charge in [-0.15, -0.1) is 0 Å². The maximum atomic E-state index is 11.4. The second-order valence-electron chi connectivity index (χ2n) is 4.00. The molecule has 4 N–H and O–H groups in total. The molecule has 0 saturated heterocycles. The van der Waals surface area contributed by atoms with Crippen LogP contribution >= 0.6 is 0 Å². The molecule has 0 aliphatic carbocycles. The molecular formula is C13H20N2O2. The van der Waals surface area contributed by atoms with Crippen molar-refractivity contribution in [3.63, 3.8) is 0 Å². The number of unbranched alkanes of at least 4 members (excludes halogenated alkanes) is 1. The largest absolute Gasteiger partial charge is 0.392 e. The first-order chi connectivity index (χ1) is 8.26. The second kappa shape index (κ2) is 7.81. The van der Waals surface area contributed by atoms with E-state index >= 15 is 0 Å². The number of carbonyl (C=O) groups is 1. The van der Waals surface area contributed by atoms with Gasteiger partial charge in [-0.1, -0.05) is 24.3 Å². The van der Waals surface area contributed by atoms with Crippen LogP contribution in [0.5, 0.6) is 0 Å². The summed E-state index contributed by atoms with van der Waals surface area (Å²) in [6.07, 6.45) is 2.24. The number of benzene rings is 1. The van der Waals surface area contributed by atoms with Crippen molar-refractivity contribution in [2.45, 2.75) is 32.4 Å². The Morgan fingerprint density at radius 2 is 2.06 bits per heavy atom. The molecule has 0 aliphatic heterocycles. The maximum Gasteiger partial charge on any atom is 0.220 e. The van der Waals surface area contributed by atoms with Gasteiger partial charge in [-0.25, -0.2) is 0 Å². The number of nitrogens with one attached hydrogen (secondary N) is 1. The highest BCUT2D eigenvalue weighted by atomic mass is 16.3. The fourth-order valence-corrected chi connectivity index (χ4v) is 1.56. The molecule has 94 valence electrons. The summed E-state index contributed by atoms with van der Waals surface area (Å²) in [5.41, 5.74) is 7.22. The van der Waals surface area contributed by atoms with Crippen LogP contribution in [-0.4, -0.2) is 17.6 Å². The van der Waals surface area contributed by atoms with E-state index in [1.165, 1.54) is 0 Å². The first-order valence-corrected chi connectivity index (χ1v) is 5.91. The third-order valence-corrected chi connectivity index (χ3v) is 2.52. The summed E-state index contributed by atoms with van der Waals surface area (Å²) in [6, 6.07) is 7.55. The Morgan fingerprint density at radius 3 is 2.76 bits per heavy atom. The molecule has 0 bridgehead atoms. The number of aliphatic hydroxyl groups is 1. The molecule has 1 amide bonds. The third kappa shape index (κ3) is 5.47. The highest BCUT2D eigenvalue weighted by Crippen LogP contribution is 2.05. The van der Waals surface area contributed by atoms with E-state index in [-0.39, 0.29) is 12.5 Å². The van der Waals surface area contributed by atoms with Crippen LogP contribution in [0, 0.1) is 0 Å². The molecule has 4 nitrogen and oxygen atoms in total. The van der Waals surface area contributed by atoms with E-state index in [0.717, 1.165) is 24.0 Å². The Labute approximate surface area is 102 Å². The molecule has 1 aromatic carbocycles. The fraction of sp³-hybridized carbons (Fsp3) is 0.462. The molecule has 4 heteroatoms. The van der Waals surface area contributed by atoms with Crippen molar-refractivity contribution < 1.29 is 9.90 Å². The lowest BCUT2D eigenvalue weighted by Crippen LogP contribution is -2.22. The molecule has 0 atom stereocenters. The average molecular weight is 236 g/mol. The summed E-state index contributed by atoms with van der Waals surface area (Å²) in [5, 5.41) is 11.8. The van der Waals surface area contributed by atoms with Gasteiger partial charge in [-0.2, -0.15) is 0 Å². The van der Waals surface area contributed by atoms with Crippen molar-refractivity contribution >= 4 is 5.91 Å². The van der Waals surface area contributed by atoms with Gasteiger partial charge in [0.25, 0.3) is 0 Å². The minimum Gasteiger partial charge on any atom is -0.392 e. The van der Waals surface area contributed by atoms with E-state index < -0.39 is 0 Å². The fourth-order valence-electron chi connectivity index (χ4n) is 1.56. The molecule has 0 fully saturated rings. The van der Waals surface area contributed by atoms with E-state index in [2.05, 4.69) is 5.32 Å². The molecule has 0 spiro atoms. The van der Waals surface area contributed by atoms with E-state index in [1.807, 2.05) is 24.3 Å². The van der Waals surface area contributed by atoms with Crippen molar-refractivity contribution in [1.29, 1.82) is 0 Å². The summed E-state index contributed by atoms with van der Waals surface area (Å²) >= 11 is 0. The molecule has 0 radical (unpaired) electrons. The normalized spacial score (nSPS) is 10.2. The molecule has 0 heterocycles. The molecule has 0 aliphatic rings. The topological polar surface area (TPSA) is 75.4 Å². The lowest BCUT2D eigenvalue weighted by molar-refractivity contribution is -0.121. The SMILES string of the molecule is NCCCCC(=O)NCc1cccc(CO)c1. The summed E-state index contributed by atoms with van der Waals surface area (Å²) in [4.78, 5) is 11.4. The van der Waals surface area contributed by atoms with Gasteiger partial charge in [-0.3, -0.25) is 4.79 Å².